The number of thiazole rings is 1. The number of hydrogen-bond donors (Lipinski definition) is 0. The molecular formula is C25H30N2O4S. The Morgan fingerprint density at radius 3 is 2.47 bits per heavy atom. The zero-order valence-electron chi connectivity index (χ0n) is 19.3. The molecule has 1 aromatic heterocycles. The molecule has 0 amide bonds. The van der Waals surface area contributed by atoms with Gasteiger partial charge in [-0.15, -0.1) is 11.3 Å². The van der Waals surface area contributed by atoms with Crippen molar-refractivity contribution in [3.63, 3.8) is 0 Å². The summed E-state index contributed by atoms with van der Waals surface area (Å²) in [7, 11) is 4.89. The highest BCUT2D eigenvalue weighted by atomic mass is 32.1. The maximum Gasteiger partial charge on any atom is 0.203 e. The van der Waals surface area contributed by atoms with Crippen LogP contribution in [-0.4, -0.2) is 38.6 Å². The van der Waals surface area contributed by atoms with Gasteiger partial charge in [0.25, 0.3) is 0 Å². The summed E-state index contributed by atoms with van der Waals surface area (Å²) in [5, 5.41) is 2.14. The summed E-state index contributed by atoms with van der Waals surface area (Å²) in [5.74, 6) is 1.84. The summed E-state index contributed by atoms with van der Waals surface area (Å²) >= 11 is 1.63. The van der Waals surface area contributed by atoms with Crippen LogP contribution in [0.15, 0.2) is 40.7 Å². The van der Waals surface area contributed by atoms with Gasteiger partial charge in [0.15, 0.2) is 16.3 Å². The van der Waals surface area contributed by atoms with E-state index in [0.29, 0.717) is 17.2 Å². The first-order valence-corrected chi connectivity index (χ1v) is 11.6. The first-order chi connectivity index (χ1) is 15.5. The number of aromatic nitrogens is 1. The van der Waals surface area contributed by atoms with E-state index in [2.05, 4.69) is 42.0 Å². The van der Waals surface area contributed by atoms with Gasteiger partial charge in [-0.25, -0.2) is 4.99 Å². The fourth-order valence-corrected chi connectivity index (χ4v) is 4.94. The van der Waals surface area contributed by atoms with E-state index in [9.17, 15) is 0 Å². The van der Waals surface area contributed by atoms with Gasteiger partial charge in [0, 0.05) is 17.6 Å². The van der Waals surface area contributed by atoms with Crippen molar-refractivity contribution in [1.29, 1.82) is 0 Å². The smallest absolute Gasteiger partial charge is 0.203 e. The Bertz CT molecular complexity index is 1130. The number of nitrogens with zero attached hydrogens (tertiary/aromatic N) is 2. The third kappa shape index (κ3) is 4.40. The van der Waals surface area contributed by atoms with Gasteiger partial charge in [0.2, 0.25) is 5.75 Å². The molecule has 0 unspecified atom stereocenters. The van der Waals surface area contributed by atoms with Gasteiger partial charge in [0.1, 0.15) is 0 Å². The molecule has 0 bridgehead atoms. The van der Waals surface area contributed by atoms with Crippen molar-refractivity contribution in [2.75, 3.05) is 27.9 Å². The van der Waals surface area contributed by atoms with Crippen LogP contribution in [0.2, 0.25) is 0 Å². The fraction of sp³-hybridized carbons (Fsp3) is 0.400. The molecule has 0 saturated carbocycles. The van der Waals surface area contributed by atoms with Crippen molar-refractivity contribution in [1.82, 2.24) is 4.57 Å². The standard InChI is InChI=1S/C25H30N2O4S/c1-16-8-6-10-20(17(16)2)26-25-27(14-19-9-7-11-31-19)21(15-32-25)18-12-22(28-3)24(30-5)23(13-18)29-4/h6,8,10,12-13,15,19H,7,9,11,14H2,1-5H3/t19-/m0/s1. The van der Waals surface area contributed by atoms with Gasteiger partial charge in [-0.1, -0.05) is 12.1 Å². The minimum absolute atomic E-state index is 0.183. The molecule has 3 aromatic rings. The van der Waals surface area contributed by atoms with Crippen LogP contribution < -0.4 is 19.0 Å². The van der Waals surface area contributed by atoms with Crippen LogP contribution in [-0.2, 0) is 11.3 Å². The molecule has 170 valence electrons. The Morgan fingerprint density at radius 2 is 1.84 bits per heavy atom. The second-order valence-electron chi connectivity index (χ2n) is 7.89. The molecular weight excluding hydrogens is 424 g/mol. The third-order valence-electron chi connectivity index (χ3n) is 5.96. The Labute approximate surface area is 193 Å². The first kappa shape index (κ1) is 22.4. The van der Waals surface area contributed by atoms with E-state index in [1.807, 2.05) is 12.1 Å². The van der Waals surface area contributed by atoms with E-state index in [-0.39, 0.29) is 6.10 Å². The zero-order chi connectivity index (χ0) is 22.7. The molecule has 7 heteroatoms. The van der Waals surface area contributed by atoms with Crippen LogP contribution in [0.25, 0.3) is 11.3 Å². The largest absolute Gasteiger partial charge is 0.493 e. The number of aryl methyl sites for hydroxylation is 1. The first-order valence-electron chi connectivity index (χ1n) is 10.8. The molecule has 6 nitrogen and oxygen atoms in total. The highest BCUT2D eigenvalue weighted by Crippen LogP contribution is 2.41. The molecule has 0 N–H and O–H groups in total. The molecule has 0 spiro atoms. The molecule has 1 saturated heterocycles. The normalized spacial score (nSPS) is 16.4. The predicted molar refractivity (Wildman–Crippen MR) is 128 cm³/mol. The van der Waals surface area contributed by atoms with Crippen molar-refractivity contribution in [2.45, 2.75) is 39.3 Å². The number of ether oxygens (including phenoxy) is 4. The van der Waals surface area contributed by atoms with Crippen molar-refractivity contribution in [3.05, 3.63) is 51.6 Å². The highest BCUT2D eigenvalue weighted by molar-refractivity contribution is 7.07. The van der Waals surface area contributed by atoms with Crippen LogP contribution in [0.4, 0.5) is 5.69 Å². The summed E-state index contributed by atoms with van der Waals surface area (Å²) in [5.41, 5.74) is 5.45. The number of rotatable bonds is 7. The van der Waals surface area contributed by atoms with Crippen molar-refractivity contribution in [3.8, 4) is 28.5 Å². The molecule has 1 aliphatic heterocycles. The lowest BCUT2D eigenvalue weighted by Gasteiger charge is -2.17. The Morgan fingerprint density at radius 1 is 1.09 bits per heavy atom. The van der Waals surface area contributed by atoms with E-state index in [1.165, 1.54) is 11.1 Å². The average Bonchev–Trinajstić information content (AvgIpc) is 3.46. The van der Waals surface area contributed by atoms with Crippen LogP contribution in [0, 0.1) is 13.8 Å². The lowest BCUT2D eigenvalue weighted by Crippen LogP contribution is -2.24. The van der Waals surface area contributed by atoms with Crippen LogP contribution in [0.5, 0.6) is 17.2 Å². The molecule has 1 aliphatic rings. The number of hydrogen-bond acceptors (Lipinski definition) is 6. The van der Waals surface area contributed by atoms with Crippen molar-refractivity contribution >= 4 is 17.0 Å². The lowest BCUT2D eigenvalue weighted by molar-refractivity contribution is 0.0968. The predicted octanol–water partition coefficient (Wildman–Crippen LogP) is 5.27. The van der Waals surface area contributed by atoms with Gasteiger partial charge < -0.3 is 23.5 Å². The Hall–Kier alpha value is -2.77. The average molecular weight is 455 g/mol. The maximum absolute atomic E-state index is 5.96. The molecule has 32 heavy (non-hydrogen) atoms. The molecule has 2 aromatic carbocycles. The maximum atomic E-state index is 5.96. The fourth-order valence-electron chi connectivity index (χ4n) is 4.01. The van der Waals surface area contributed by atoms with Gasteiger partial charge in [0.05, 0.1) is 45.4 Å². The molecule has 1 fully saturated rings. The quantitative estimate of drug-likeness (QED) is 0.488. The Balaban J connectivity index is 1.88. The molecule has 1 atom stereocenters. The van der Waals surface area contributed by atoms with Crippen LogP contribution >= 0.6 is 11.3 Å². The number of methoxy groups -OCH3 is 3. The lowest BCUT2D eigenvalue weighted by atomic mass is 10.1. The molecule has 2 heterocycles. The van der Waals surface area contributed by atoms with Crippen LogP contribution in [0.1, 0.15) is 24.0 Å². The van der Waals surface area contributed by atoms with E-state index in [1.54, 1.807) is 32.7 Å². The summed E-state index contributed by atoms with van der Waals surface area (Å²) in [6, 6.07) is 10.2. The SMILES string of the molecule is COc1cc(-c2csc(=Nc3cccc(C)c3C)n2C[C@@H]2CCCO2)cc(OC)c1OC. The second kappa shape index (κ2) is 9.79. The van der Waals surface area contributed by atoms with E-state index < -0.39 is 0 Å². The molecule has 4 rings (SSSR count). The van der Waals surface area contributed by atoms with Crippen LogP contribution in [0.3, 0.4) is 0 Å². The minimum Gasteiger partial charge on any atom is -0.493 e. The summed E-state index contributed by atoms with van der Waals surface area (Å²) in [6.45, 7) is 5.80. The van der Waals surface area contributed by atoms with E-state index in [0.717, 1.165) is 47.7 Å². The Kier molecular flexibility index (Phi) is 6.86. The third-order valence-corrected chi connectivity index (χ3v) is 6.82. The van der Waals surface area contributed by atoms with Gasteiger partial charge in [-0.3, -0.25) is 0 Å². The zero-order valence-corrected chi connectivity index (χ0v) is 20.1. The molecule has 0 radical (unpaired) electrons. The summed E-state index contributed by atoms with van der Waals surface area (Å²) in [4.78, 5) is 5.99. The number of benzene rings is 2. The van der Waals surface area contributed by atoms with Crippen molar-refractivity contribution < 1.29 is 18.9 Å². The minimum atomic E-state index is 0.183. The summed E-state index contributed by atoms with van der Waals surface area (Å²) < 4.78 is 24.9. The van der Waals surface area contributed by atoms with Crippen molar-refractivity contribution in [2.24, 2.45) is 4.99 Å². The highest BCUT2D eigenvalue weighted by Gasteiger charge is 2.21. The van der Waals surface area contributed by atoms with E-state index >= 15 is 0 Å². The van der Waals surface area contributed by atoms with Gasteiger partial charge in [-0.05, 0) is 56.0 Å². The van der Waals surface area contributed by atoms with E-state index in [4.69, 9.17) is 23.9 Å². The second-order valence-corrected chi connectivity index (χ2v) is 8.73. The molecule has 0 aliphatic carbocycles. The topological polar surface area (TPSA) is 54.2 Å². The van der Waals surface area contributed by atoms with Gasteiger partial charge >= 0.3 is 0 Å². The monoisotopic (exact) mass is 454 g/mol. The van der Waals surface area contributed by atoms with Gasteiger partial charge in [-0.2, -0.15) is 0 Å². The summed E-state index contributed by atoms with van der Waals surface area (Å²) in [6.07, 6.45) is 2.33.